The minimum atomic E-state index is -0.237. The zero-order chi connectivity index (χ0) is 17.1. The van der Waals surface area contributed by atoms with E-state index in [1.807, 2.05) is 4.90 Å². The highest BCUT2D eigenvalue weighted by atomic mass is 16.5. The van der Waals surface area contributed by atoms with Gasteiger partial charge in [-0.05, 0) is 32.6 Å². The Labute approximate surface area is 143 Å². The number of likely N-dealkylation sites (tertiary alicyclic amines) is 2. The van der Waals surface area contributed by atoms with Crippen LogP contribution in [0.4, 0.5) is 0 Å². The molecular formula is C18H28N2O4. The molecule has 0 spiro atoms. The van der Waals surface area contributed by atoms with E-state index in [0.29, 0.717) is 38.7 Å². The summed E-state index contributed by atoms with van der Waals surface area (Å²) in [6.45, 7) is 3.85. The second kappa shape index (κ2) is 7.53. The van der Waals surface area contributed by atoms with Crippen molar-refractivity contribution < 1.29 is 19.1 Å². The van der Waals surface area contributed by atoms with Gasteiger partial charge in [0.15, 0.2) is 0 Å². The van der Waals surface area contributed by atoms with Crippen molar-refractivity contribution in [2.24, 2.45) is 11.8 Å². The average Bonchev–Trinajstić information content (AvgIpc) is 3.24. The lowest BCUT2D eigenvalue weighted by Crippen LogP contribution is -2.46. The van der Waals surface area contributed by atoms with Gasteiger partial charge in [-0.3, -0.25) is 14.4 Å². The second-order valence-electron chi connectivity index (χ2n) is 7.26. The van der Waals surface area contributed by atoms with Gasteiger partial charge in [0.2, 0.25) is 11.8 Å². The molecule has 0 aromatic heterocycles. The summed E-state index contributed by atoms with van der Waals surface area (Å²) in [5.74, 6) is -0.494. The number of amides is 2. The molecule has 3 aliphatic rings. The molecule has 0 aromatic carbocycles. The lowest BCUT2D eigenvalue weighted by molar-refractivity contribution is -0.152. The highest BCUT2D eigenvalue weighted by Crippen LogP contribution is 2.31. The van der Waals surface area contributed by atoms with Crippen LogP contribution in [0.1, 0.15) is 51.9 Å². The average molecular weight is 336 g/mol. The minimum absolute atomic E-state index is 0.0397. The molecule has 2 aliphatic heterocycles. The Balaban J connectivity index is 1.57. The fourth-order valence-electron chi connectivity index (χ4n) is 4.35. The Bertz CT molecular complexity index is 501. The zero-order valence-corrected chi connectivity index (χ0v) is 14.5. The van der Waals surface area contributed by atoms with Crippen molar-refractivity contribution in [2.75, 3.05) is 26.2 Å². The first-order valence-corrected chi connectivity index (χ1v) is 9.35. The molecule has 2 heterocycles. The SMILES string of the molecule is CCOC(=O)[C@@H]1CCCN(C(=O)[C@H]2CC(=O)N(C3CCCC3)C2)C1. The number of hydrogen-bond acceptors (Lipinski definition) is 4. The van der Waals surface area contributed by atoms with Gasteiger partial charge in [0.25, 0.3) is 0 Å². The summed E-state index contributed by atoms with van der Waals surface area (Å²) >= 11 is 0. The van der Waals surface area contributed by atoms with E-state index in [-0.39, 0.29) is 29.6 Å². The molecular weight excluding hydrogens is 308 g/mol. The number of carbonyl (C=O) groups is 3. The van der Waals surface area contributed by atoms with Gasteiger partial charge >= 0.3 is 5.97 Å². The van der Waals surface area contributed by atoms with Crippen LogP contribution in [0.25, 0.3) is 0 Å². The molecule has 3 fully saturated rings. The van der Waals surface area contributed by atoms with Crippen molar-refractivity contribution >= 4 is 17.8 Å². The molecule has 2 amide bonds. The maximum Gasteiger partial charge on any atom is 0.310 e. The fraction of sp³-hybridized carbons (Fsp3) is 0.833. The lowest BCUT2D eigenvalue weighted by atomic mass is 9.96. The van der Waals surface area contributed by atoms with Crippen LogP contribution < -0.4 is 0 Å². The molecule has 134 valence electrons. The van der Waals surface area contributed by atoms with E-state index in [1.54, 1.807) is 11.8 Å². The van der Waals surface area contributed by atoms with E-state index in [9.17, 15) is 14.4 Å². The predicted molar refractivity (Wildman–Crippen MR) is 88.0 cm³/mol. The fourth-order valence-corrected chi connectivity index (χ4v) is 4.35. The number of carbonyl (C=O) groups excluding carboxylic acids is 3. The molecule has 1 aliphatic carbocycles. The largest absolute Gasteiger partial charge is 0.466 e. The molecule has 0 aromatic rings. The molecule has 2 saturated heterocycles. The molecule has 24 heavy (non-hydrogen) atoms. The van der Waals surface area contributed by atoms with Crippen molar-refractivity contribution in [3.05, 3.63) is 0 Å². The van der Waals surface area contributed by atoms with E-state index in [4.69, 9.17) is 4.74 Å². The number of nitrogens with zero attached hydrogens (tertiary/aromatic N) is 2. The van der Waals surface area contributed by atoms with Gasteiger partial charge in [0.05, 0.1) is 18.4 Å². The van der Waals surface area contributed by atoms with E-state index >= 15 is 0 Å². The Kier molecular flexibility index (Phi) is 5.41. The Morgan fingerprint density at radius 3 is 2.54 bits per heavy atom. The first-order valence-electron chi connectivity index (χ1n) is 9.35. The number of piperidine rings is 1. The van der Waals surface area contributed by atoms with E-state index in [1.165, 1.54) is 12.8 Å². The van der Waals surface area contributed by atoms with E-state index in [0.717, 1.165) is 25.7 Å². The summed E-state index contributed by atoms with van der Waals surface area (Å²) in [7, 11) is 0. The van der Waals surface area contributed by atoms with Crippen LogP contribution in [-0.4, -0.2) is 59.9 Å². The number of hydrogen-bond donors (Lipinski definition) is 0. The Morgan fingerprint density at radius 2 is 1.83 bits per heavy atom. The van der Waals surface area contributed by atoms with Crippen LogP contribution in [-0.2, 0) is 19.1 Å². The van der Waals surface area contributed by atoms with E-state index < -0.39 is 0 Å². The van der Waals surface area contributed by atoms with Crippen LogP contribution in [0.5, 0.6) is 0 Å². The summed E-state index contributed by atoms with van der Waals surface area (Å²) in [6, 6.07) is 0.337. The molecule has 1 saturated carbocycles. The monoisotopic (exact) mass is 336 g/mol. The Hall–Kier alpha value is -1.59. The third kappa shape index (κ3) is 3.57. The van der Waals surface area contributed by atoms with Crippen LogP contribution >= 0.6 is 0 Å². The normalized spacial score (nSPS) is 28.5. The maximum atomic E-state index is 12.8. The van der Waals surface area contributed by atoms with Gasteiger partial charge in [0.1, 0.15) is 0 Å². The molecule has 6 nitrogen and oxygen atoms in total. The quantitative estimate of drug-likeness (QED) is 0.731. The first-order chi connectivity index (χ1) is 11.6. The smallest absolute Gasteiger partial charge is 0.310 e. The third-order valence-electron chi connectivity index (χ3n) is 5.63. The molecule has 0 N–H and O–H groups in total. The van der Waals surface area contributed by atoms with Crippen LogP contribution in [0.3, 0.4) is 0 Å². The standard InChI is InChI=1S/C18H28N2O4/c1-2-24-18(23)13-6-5-9-19(11-13)17(22)14-10-16(21)20(12-14)15-7-3-4-8-15/h13-15H,2-12H2,1H3/t13-,14+/m1/s1. The van der Waals surface area contributed by atoms with Crippen LogP contribution in [0.15, 0.2) is 0 Å². The zero-order valence-electron chi connectivity index (χ0n) is 14.5. The highest BCUT2D eigenvalue weighted by Gasteiger charge is 2.41. The summed E-state index contributed by atoms with van der Waals surface area (Å²) in [5.41, 5.74) is 0. The topological polar surface area (TPSA) is 66.9 Å². The molecule has 3 rings (SSSR count). The molecule has 0 unspecified atom stereocenters. The first kappa shape index (κ1) is 17.2. The number of ether oxygens (including phenoxy) is 1. The summed E-state index contributed by atoms with van der Waals surface area (Å²) in [6.07, 6.45) is 6.43. The molecule has 0 bridgehead atoms. The van der Waals surface area contributed by atoms with Gasteiger partial charge < -0.3 is 14.5 Å². The summed E-state index contributed by atoms with van der Waals surface area (Å²) in [5, 5.41) is 0. The molecule has 0 radical (unpaired) electrons. The molecule has 2 atom stereocenters. The second-order valence-corrected chi connectivity index (χ2v) is 7.26. The Morgan fingerprint density at radius 1 is 1.08 bits per heavy atom. The number of esters is 1. The van der Waals surface area contributed by atoms with Gasteiger partial charge in [-0.1, -0.05) is 12.8 Å². The van der Waals surface area contributed by atoms with Crippen molar-refractivity contribution in [1.29, 1.82) is 0 Å². The summed E-state index contributed by atoms with van der Waals surface area (Å²) < 4.78 is 5.10. The van der Waals surface area contributed by atoms with Crippen LogP contribution in [0, 0.1) is 11.8 Å². The highest BCUT2D eigenvalue weighted by molar-refractivity contribution is 5.89. The van der Waals surface area contributed by atoms with Gasteiger partial charge in [0, 0.05) is 32.1 Å². The van der Waals surface area contributed by atoms with E-state index in [2.05, 4.69) is 0 Å². The van der Waals surface area contributed by atoms with Gasteiger partial charge in [-0.25, -0.2) is 0 Å². The summed E-state index contributed by atoms with van der Waals surface area (Å²) in [4.78, 5) is 40.8. The van der Waals surface area contributed by atoms with Crippen molar-refractivity contribution in [1.82, 2.24) is 9.80 Å². The van der Waals surface area contributed by atoms with Crippen LogP contribution in [0.2, 0.25) is 0 Å². The van der Waals surface area contributed by atoms with Crippen molar-refractivity contribution in [3.8, 4) is 0 Å². The van der Waals surface area contributed by atoms with Crippen molar-refractivity contribution in [2.45, 2.75) is 57.9 Å². The van der Waals surface area contributed by atoms with Gasteiger partial charge in [-0.15, -0.1) is 0 Å². The third-order valence-corrected chi connectivity index (χ3v) is 5.63. The minimum Gasteiger partial charge on any atom is -0.466 e. The lowest BCUT2D eigenvalue weighted by Gasteiger charge is -2.33. The maximum absolute atomic E-state index is 12.8. The van der Waals surface area contributed by atoms with Crippen molar-refractivity contribution in [3.63, 3.8) is 0 Å². The predicted octanol–water partition coefficient (Wildman–Crippen LogP) is 1.58. The molecule has 6 heteroatoms. The number of rotatable bonds is 4. The van der Waals surface area contributed by atoms with Gasteiger partial charge in [-0.2, -0.15) is 0 Å².